The number of likely N-dealkylation sites (N-methyl/N-ethyl adjacent to an activating group) is 1. The van der Waals surface area contributed by atoms with E-state index in [0.717, 1.165) is 0 Å². The summed E-state index contributed by atoms with van der Waals surface area (Å²) in [6, 6.07) is -3.95. The molecule has 5 atom stereocenters. The number of carbonyl (C=O) groups is 6. The number of fused-ring (bicyclic) bond motifs is 5. The molecule has 5 aliphatic rings. The highest BCUT2D eigenvalue weighted by atomic mass is 16.5. The number of Topliss-reactive ketones (excluding diaryl/α,β-unsaturated/α-hetero) is 4. The summed E-state index contributed by atoms with van der Waals surface area (Å²) in [6.45, 7) is 7.67. The molecule has 0 aromatic rings. The Morgan fingerprint density at radius 2 is 1.48 bits per heavy atom. The molecular weight excluding hydrogens is 572 g/mol. The first kappa shape index (κ1) is 31.3. The van der Waals surface area contributed by atoms with Crippen LogP contribution in [0.25, 0.3) is 0 Å². The molecule has 12 nitrogen and oxygen atoms in total. The number of rotatable bonds is 7. The maximum Gasteiger partial charge on any atom is 0.333 e. The molecule has 0 saturated carbocycles. The Labute approximate surface area is 255 Å². The second kappa shape index (κ2) is 11.4. The van der Waals surface area contributed by atoms with Gasteiger partial charge in [-0.3, -0.25) is 28.9 Å². The number of esters is 1. The lowest BCUT2D eigenvalue weighted by molar-refractivity contribution is -0.166. The summed E-state index contributed by atoms with van der Waals surface area (Å²) < 4.78 is 22.3. The fraction of sp³-hybridized carbons (Fsp3) is 0.500. The highest BCUT2D eigenvalue weighted by Gasteiger charge is 2.62. The van der Waals surface area contributed by atoms with Gasteiger partial charge in [0.2, 0.25) is 17.5 Å². The lowest BCUT2D eigenvalue weighted by atomic mass is 9.68. The predicted molar refractivity (Wildman–Crippen MR) is 154 cm³/mol. The molecule has 0 radical (unpaired) electrons. The van der Waals surface area contributed by atoms with E-state index in [1.54, 1.807) is 38.8 Å². The van der Waals surface area contributed by atoms with Gasteiger partial charge in [-0.15, -0.1) is 0 Å². The Morgan fingerprint density at radius 3 is 2.05 bits per heavy atom. The van der Waals surface area contributed by atoms with Crippen molar-refractivity contribution in [2.24, 2.45) is 0 Å². The van der Waals surface area contributed by atoms with Crippen LogP contribution in [0.3, 0.4) is 0 Å². The van der Waals surface area contributed by atoms with Crippen LogP contribution in [0.5, 0.6) is 0 Å². The molecule has 4 unspecified atom stereocenters. The summed E-state index contributed by atoms with van der Waals surface area (Å²) in [6.07, 6.45) is 0.392. The molecule has 0 aromatic heterocycles. The Kier molecular flexibility index (Phi) is 8.10. The van der Waals surface area contributed by atoms with E-state index in [0.29, 0.717) is 5.57 Å². The number of piperazine rings is 1. The van der Waals surface area contributed by atoms with Crippen molar-refractivity contribution < 1.29 is 47.7 Å². The Bertz CT molecular complexity index is 1570. The molecule has 2 bridgehead atoms. The summed E-state index contributed by atoms with van der Waals surface area (Å²) in [5, 5.41) is 0. The zero-order chi connectivity index (χ0) is 32.4. The number of carbonyl (C=O) groups excluding carboxylic acids is 6. The smallest absolute Gasteiger partial charge is 0.333 e. The largest absolute Gasteiger partial charge is 0.492 e. The zero-order valence-electron chi connectivity index (χ0n) is 26.1. The van der Waals surface area contributed by atoms with Gasteiger partial charge in [0.05, 0.1) is 32.3 Å². The van der Waals surface area contributed by atoms with E-state index in [-0.39, 0.29) is 58.0 Å². The Balaban J connectivity index is 1.73. The van der Waals surface area contributed by atoms with Crippen molar-refractivity contribution in [1.82, 2.24) is 9.80 Å². The van der Waals surface area contributed by atoms with Crippen LogP contribution in [-0.2, 0) is 47.7 Å². The lowest BCUT2D eigenvalue weighted by Gasteiger charge is -2.59. The molecule has 2 aliphatic carbocycles. The van der Waals surface area contributed by atoms with E-state index in [1.165, 1.54) is 33.0 Å². The van der Waals surface area contributed by atoms with Gasteiger partial charge >= 0.3 is 5.97 Å². The monoisotopic (exact) mass is 608 g/mol. The third-order valence-corrected chi connectivity index (χ3v) is 9.34. The molecule has 1 fully saturated rings. The van der Waals surface area contributed by atoms with Gasteiger partial charge in [0.25, 0.3) is 0 Å². The third kappa shape index (κ3) is 4.26. The van der Waals surface area contributed by atoms with Crippen LogP contribution in [0.1, 0.15) is 41.0 Å². The van der Waals surface area contributed by atoms with Crippen molar-refractivity contribution in [1.29, 1.82) is 0 Å². The second-order valence-corrected chi connectivity index (χ2v) is 11.4. The van der Waals surface area contributed by atoms with E-state index in [4.69, 9.17) is 18.9 Å². The molecule has 0 spiro atoms. The summed E-state index contributed by atoms with van der Waals surface area (Å²) in [5.41, 5.74) is 0.943. The van der Waals surface area contributed by atoms with Crippen LogP contribution in [0, 0.1) is 0 Å². The molecule has 234 valence electrons. The quantitative estimate of drug-likeness (QED) is 0.234. The number of ketones is 4. The van der Waals surface area contributed by atoms with E-state index >= 15 is 0 Å². The number of amides is 1. The van der Waals surface area contributed by atoms with Gasteiger partial charge in [-0.1, -0.05) is 6.08 Å². The maximum absolute atomic E-state index is 14.6. The fourth-order valence-corrected chi connectivity index (χ4v) is 7.18. The van der Waals surface area contributed by atoms with Crippen LogP contribution in [-0.4, -0.2) is 110 Å². The van der Waals surface area contributed by atoms with Crippen molar-refractivity contribution in [3.63, 3.8) is 0 Å². The van der Waals surface area contributed by atoms with Gasteiger partial charge in [-0.05, 0) is 48.1 Å². The van der Waals surface area contributed by atoms with Crippen LogP contribution >= 0.6 is 0 Å². The van der Waals surface area contributed by atoms with Gasteiger partial charge in [0.1, 0.15) is 18.8 Å². The zero-order valence-corrected chi connectivity index (χ0v) is 26.1. The number of allylic oxidation sites excluding steroid dienone is 5. The standard InChI is InChI=1S/C32H36N2O10/c1-9-13(3)32(40)44-12-18-19-16(24(35)14(4)28(41-7)26(19)37)11-17-22-20-21(25(36)15(5)29(42-8)27(20)38)30(43-10-2)23(33(22)6)31(39)34(17)18/h9,17-18,22-23,30H,10-12H2,1-8H3/b13-9-/t17?,18?,22?,23?,30-/m0/s1. The van der Waals surface area contributed by atoms with E-state index in [9.17, 15) is 28.8 Å². The van der Waals surface area contributed by atoms with Crippen molar-refractivity contribution in [3.8, 4) is 0 Å². The molecule has 1 amide bonds. The summed E-state index contributed by atoms with van der Waals surface area (Å²) >= 11 is 0. The number of nitrogens with zero attached hydrogens (tertiary/aromatic N) is 2. The lowest BCUT2D eigenvalue weighted by Crippen LogP contribution is -2.76. The Morgan fingerprint density at radius 1 is 0.886 bits per heavy atom. The molecule has 1 saturated heterocycles. The summed E-state index contributed by atoms with van der Waals surface area (Å²) in [5.74, 6) is -3.37. The average molecular weight is 609 g/mol. The van der Waals surface area contributed by atoms with Gasteiger partial charge in [-0.25, -0.2) is 4.79 Å². The van der Waals surface area contributed by atoms with E-state index < -0.39 is 71.9 Å². The highest BCUT2D eigenvalue weighted by molar-refractivity contribution is 6.27. The topological polar surface area (TPSA) is 146 Å². The molecule has 44 heavy (non-hydrogen) atoms. The highest BCUT2D eigenvalue weighted by Crippen LogP contribution is 2.48. The first-order chi connectivity index (χ1) is 20.9. The van der Waals surface area contributed by atoms with Crippen molar-refractivity contribution in [2.45, 2.75) is 71.3 Å². The van der Waals surface area contributed by atoms with Crippen LogP contribution in [0.4, 0.5) is 0 Å². The van der Waals surface area contributed by atoms with Crippen LogP contribution in [0.2, 0.25) is 0 Å². The minimum absolute atomic E-state index is 0.0112. The van der Waals surface area contributed by atoms with E-state index in [1.807, 2.05) is 0 Å². The maximum atomic E-state index is 14.6. The summed E-state index contributed by atoms with van der Waals surface area (Å²) in [4.78, 5) is 85.9. The van der Waals surface area contributed by atoms with Gasteiger partial charge in [-0.2, -0.15) is 0 Å². The third-order valence-electron chi connectivity index (χ3n) is 9.34. The van der Waals surface area contributed by atoms with Gasteiger partial charge in [0, 0.05) is 45.6 Å². The van der Waals surface area contributed by atoms with Gasteiger partial charge < -0.3 is 23.8 Å². The molecule has 3 heterocycles. The molecule has 5 rings (SSSR count). The minimum atomic E-state index is -1.17. The molecular formula is C32H36N2O10. The van der Waals surface area contributed by atoms with E-state index in [2.05, 4.69) is 0 Å². The van der Waals surface area contributed by atoms with Crippen molar-refractivity contribution in [2.75, 3.05) is 34.5 Å². The Hall–Kier alpha value is -4.16. The molecule has 0 aromatic carbocycles. The predicted octanol–water partition coefficient (Wildman–Crippen LogP) is 1.30. The molecule has 12 heteroatoms. The minimum Gasteiger partial charge on any atom is -0.492 e. The molecule has 0 N–H and O–H groups in total. The van der Waals surface area contributed by atoms with Gasteiger partial charge in [0.15, 0.2) is 23.1 Å². The summed E-state index contributed by atoms with van der Waals surface area (Å²) in [7, 11) is 4.27. The normalized spacial score (nSPS) is 29.3. The first-order valence-corrected chi connectivity index (χ1v) is 14.5. The van der Waals surface area contributed by atoms with Crippen molar-refractivity contribution >= 4 is 35.0 Å². The number of hydrogen-bond acceptors (Lipinski definition) is 11. The number of hydrogen-bond donors (Lipinski definition) is 0. The van der Waals surface area contributed by atoms with Crippen LogP contribution in [0.15, 0.2) is 56.6 Å². The average Bonchev–Trinajstić information content (AvgIpc) is 3.00. The molecule has 3 aliphatic heterocycles. The van der Waals surface area contributed by atoms with Crippen LogP contribution < -0.4 is 0 Å². The second-order valence-electron chi connectivity index (χ2n) is 11.4. The number of ether oxygens (including phenoxy) is 4. The SMILES string of the molecule is C/C=C(/C)C(=O)OCC1C2=C(CC3C4C5=C(C(=O)C(C)=C(OC)C5=O)[C@H](OCC)C(C(=O)N13)N4C)C(=O)C(C)=C(OC)C2=O. The first-order valence-electron chi connectivity index (χ1n) is 14.5. The fourth-order valence-electron chi connectivity index (χ4n) is 7.18. The number of methoxy groups -OCH3 is 2. The van der Waals surface area contributed by atoms with Crippen molar-refractivity contribution in [3.05, 3.63) is 56.6 Å².